The van der Waals surface area contributed by atoms with Crippen LogP contribution in [0.25, 0.3) is 6.08 Å². The summed E-state index contributed by atoms with van der Waals surface area (Å²) in [6.45, 7) is 3.80. The van der Waals surface area contributed by atoms with E-state index in [2.05, 4.69) is 11.9 Å². The van der Waals surface area contributed by atoms with Crippen LogP contribution in [0.4, 0.5) is 0 Å². The lowest BCUT2D eigenvalue weighted by Gasteiger charge is -2.27. The van der Waals surface area contributed by atoms with Gasteiger partial charge in [-0.1, -0.05) is 12.5 Å². The van der Waals surface area contributed by atoms with E-state index in [4.69, 9.17) is 9.52 Å². The average molecular weight is 289 g/mol. The summed E-state index contributed by atoms with van der Waals surface area (Å²) >= 11 is 0. The van der Waals surface area contributed by atoms with Crippen LogP contribution in [0.2, 0.25) is 0 Å². The van der Waals surface area contributed by atoms with Crippen molar-refractivity contribution in [3.63, 3.8) is 0 Å². The summed E-state index contributed by atoms with van der Waals surface area (Å²) in [6.07, 6.45) is 10.1. The molecule has 1 aliphatic carbocycles. The number of allylic oxidation sites excluding steroid dienone is 1. The van der Waals surface area contributed by atoms with Crippen LogP contribution in [-0.4, -0.2) is 23.0 Å². The summed E-state index contributed by atoms with van der Waals surface area (Å²) in [5.41, 5.74) is 0.0659. The van der Waals surface area contributed by atoms with Crippen molar-refractivity contribution in [2.75, 3.05) is 0 Å². The molecule has 0 bridgehead atoms. The molecule has 5 nitrogen and oxygen atoms in total. The molecule has 0 aliphatic heterocycles. The van der Waals surface area contributed by atoms with E-state index in [1.807, 2.05) is 6.08 Å². The number of carbonyl (C=O) groups is 2. The van der Waals surface area contributed by atoms with Crippen molar-refractivity contribution in [2.45, 2.75) is 31.7 Å². The lowest BCUT2D eigenvalue weighted by molar-refractivity contribution is -0.117. The van der Waals surface area contributed by atoms with Crippen LogP contribution in [-0.2, 0) is 4.79 Å². The molecule has 112 valence electrons. The molecule has 21 heavy (non-hydrogen) atoms. The Bertz CT molecular complexity index is 558. The van der Waals surface area contributed by atoms with Gasteiger partial charge >= 0.3 is 5.97 Å². The minimum absolute atomic E-state index is 0.0659. The first-order valence-electron chi connectivity index (χ1n) is 7.01. The van der Waals surface area contributed by atoms with Gasteiger partial charge in [-0.2, -0.15) is 0 Å². The predicted octanol–water partition coefficient (Wildman–Crippen LogP) is 2.85. The van der Waals surface area contributed by atoms with Crippen LogP contribution in [0, 0.1) is 5.92 Å². The Labute approximate surface area is 123 Å². The van der Waals surface area contributed by atoms with Gasteiger partial charge in [0.2, 0.25) is 5.91 Å². The minimum Gasteiger partial charge on any atom is -0.478 e. The second kappa shape index (κ2) is 6.92. The maximum Gasteiger partial charge on any atom is 0.338 e. The first-order chi connectivity index (χ1) is 10.1. The zero-order chi connectivity index (χ0) is 15.2. The van der Waals surface area contributed by atoms with E-state index in [0.717, 1.165) is 31.9 Å². The highest BCUT2D eigenvalue weighted by atomic mass is 16.4. The molecule has 1 aromatic rings. The van der Waals surface area contributed by atoms with Crippen molar-refractivity contribution in [2.24, 2.45) is 5.92 Å². The van der Waals surface area contributed by atoms with Gasteiger partial charge in [0, 0.05) is 12.1 Å². The molecule has 0 unspecified atom stereocenters. The first-order valence-corrected chi connectivity index (χ1v) is 7.01. The quantitative estimate of drug-likeness (QED) is 0.645. The molecule has 2 atom stereocenters. The van der Waals surface area contributed by atoms with Crippen LogP contribution in [0.15, 0.2) is 35.5 Å². The number of aromatic carboxylic acids is 1. The van der Waals surface area contributed by atoms with E-state index >= 15 is 0 Å². The third-order valence-electron chi connectivity index (χ3n) is 3.66. The van der Waals surface area contributed by atoms with Gasteiger partial charge in [0.05, 0.1) is 5.56 Å². The SMILES string of the molecule is C=C[C@@H]1CCC[C@@H](NC(=O)/C=C/c2cc(C(=O)O)co2)C1. The third kappa shape index (κ3) is 4.34. The molecule has 5 heteroatoms. The van der Waals surface area contributed by atoms with Gasteiger partial charge in [0.25, 0.3) is 0 Å². The van der Waals surface area contributed by atoms with Gasteiger partial charge in [-0.3, -0.25) is 4.79 Å². The summed E-state index contributed by atoms with van der Waals surface area (Å²) in [5, 5.41) is 11.7. The van der Waals surface area contributed by atoms with Gasteiger partial charge in [0.15, 0.2) is 0 Å². The largest absolute Gasteiger partial charge is 0.478 e. The molecule has 1 saturated carbocycles. The van der Waals surface area contributed by atoms with Gasteiger partial charge in [-0.15, -0.1) is 6.58 Å². The number of rotatable bonds is 5. The number of hydrogen-bond donors (Lipinski definition) is 2. The van der Waals surface area contributed by atoms with Crippen molar-refractivity contribution in [1.29, 1.82) is 0 Å². The Balaban J connectivity index is 1.87. The van der Waals surface area contributed by atoms with E-state index in [9.17, 15) is 9.59 Å². The molecule has 0 saturated heterocycles. The number of hydrogen-bond acceptors (Lipinski definition) is 3. The predicted molar refractivity (Wildman–Crippen MR) is 78.8 cm³/mol. The number of carboxylic acids is 1. The summed E-state index contributed by atoms with van der Waals surface area (Å²) in [5.74, 6) is -0.440. The molecule has 1 amide bonds. The Hall–Kier alpha value is -2.30. The smallest absolute Gasteiger partial charge is 0.338 e. The lowest BCUT2D eigenvalue weighted by atomic mass is 9.86. The molecule has 1 fully saturated rings. The number of furan rings is 1. The summed E-state index contributed by atoms with van der Waals surface area (Å²) < 4.78 is 5.04. The van der Waals surface area contributed by atoms with E-state index in [1.165, 1.54) is 18.2 Å². The van der Waals surface area contributed by atoms with E-state index < -0.39 is 5.97 Å². The Morgan fingerprint density at radius 2 is 2.24 bits per heavy atom. The molecule has 1 aliphatic rings. The summed E-state index contributed by atoms with van der Waals surface area (Å²) in [7, 11) is 0. The van der Waals surface area contributed by atoms with Crippen LogP contribution in [0.3, 0.4) is 0 Å². The highest BCUT2D eigenvalue weighted by molar-refractivity contribution is 5.92. The molecule has 1 heterocycles. The zero-order valence-corrected chi connectivity index (χ0v) is 11.7. The van der Waals surface area contributed by atoms with Crippen LogP contribution >= 0.6 is 0 Å². The molecule has 0 radical (unpaired) electrons. The Morgan fingerprint density at radius 3 is 2.90 bits per heavy atom. The van der Waals surface area contributed by atoms with Crippen LogP contribution in [0.1, 0.15) is 41.8 Å². The topological polar surface area (TPSA) is 79.5 Å². The van der Waals surface area contributed by atoms with E-state index in [-0.39, 0.29) is 17.5 Å². The molecule has 1 aromatic heterocycles. The molecule has 0 spiro atoms. The Kier molecular flexibility index (Phi) is 4.98. The summed E-state index contributed by atoms with van der Waals surface area (Å²) in [6, 6.07) is 1.55. The normalized spacial score (nSPS) is 22.1. The van der Waals surface area contributed by atoms with Gasteiger partial charge in [0.1, 0.15) is 12.0 Å². The maximum atomic E-state index is 11.8. The van der Waals surface area contributed by atoms with Crippen molar-refractivity contribution in [3.8, 4) is 0 Å². The van der Waals surface area contributed by atoms with E-state index in [1.54, 1.807) is 0 Å². The van der Waals surface area contributed by atoms with Gasteiger partial charge < -0.3 is 14.8 Å². The lowest BCUT2D eigenvalue weighted by Crippen LogP contribution is -2.37. The fourth-order valence-electron chi connectivity index (χ4n) is 2.53. The highest BCUT2D eigenvalue weighted by Crippen LogP contribution is 2.24. The second-order valence-electron chi connectivity index (χ2n) is 5.24. The van der Waals surface area contributed by atoms with Crippen LogP contribution < -0.4 is 5.32 Å². The first kappa shape index (κ1) is 15.1. The second-order valence-corrected chi connectivity index (χ2v) is 5.24. The molecular formula is C16H19NO4. The zero-order valence-electron chi connectivity index (χ0n) is 11.7. The monoisotopic (exact) mass is 289 g/mol. The Morgan fingerprint density at radius 1 is 1.43 bits per heavy atom. The average Bonchev–Trinajstić information content (AvgIpc) is 2.94. The maximum absolute atomic E-state index is 11.8. The van der Waals surface area contributed by atoms with Crippen molar-refractivity contribution < 1.29 is 19.1 Å². The molecular weight excluding hydrogens is 270 g/mol. The van der Waals surface area contributed by atoms with Gasteiger partial charge in [-0.25, -0.2) is 4.79 Å². The third-order valence-corrected chi connectivity index (χ3v) is 3.66. The minimum atomic E-state index is -1.06. The number of amides is 1. The fraction of sp³-hybridized carbons (Fsp3) is 0.375. The summed E-state index contributed by atoms with van der Waals surface area (Å²) in [4.78, 5) is 22.5. The molecule has 0 aromatic carbocycles. The van der Waals surface area contributed by atoms with Gasteiger partial charge in [-0.05, 0) is 37.3 Å². The van der Waals surface area contributed by atoms with Crippen molar-refractivity contribution in [3.05, 3.63) is 42.4 Å². The van der Waals surface area contributed by atoms with Crippen LogP contribution in [0.5, 0.6) is 0 Å². The van der Waals surface area contributed by atoms with E-state index in [0.29, 0.717) is 11.7 Å². The molecule has 2 N–H and O–H groups in total. The standard InChI is InChI=1S/C16H19NO4/c1-2-11-4-3-5-13(8-11)17-15(18)7-6-14-9-12(10-21-14)16(19)20/h2,6-7,9-11,13H,1,3-5,8H2,(H,17,18)(H,19,20)/b7-6+/t11-,13-/m1/s1. The number of carboxylic acid groups (broad SMARTS) is 1. The fourth-order valence-corrected chi connectivity index (χ4v) is 2.53. The van der Waals surface area contributed by atoms with Crippen molar-refractivity contribution in [1.82, 2.24) is 5.32 Å². The number of carbonyl (C=O) groups excluding carboxylic acids is 1. The van der Waals surface area contributed by atoms with Crippen molar-refractivity contribution >= 4 is 18.0 Å². The highest BCUT2D eigenvalue weighted by Gasteiger charge is 2.20. The number of nitrogens with one attached hydrogen (secondary N) is 1. The molecule has 2 rings (SSSR count).